The van der Waals surface area contributed by atoms with E-state index in [2.05, 4.69) is 4.98 Å². The van der Waals surface area contributed by atoms with Gasteiger partial charge in [-0.25, -0.2) is 4.98 Å². The smallest absolute Gasteiger partial charge is 0.293 e. The first kappa shape index (κ1) is 12.7. The van der Waals surface area contributed by atoms with E-state index in [1.807, 2.05) is 6.07 Å². The van der Waals surface area contributed by atoms with Gasteiger partial charge >= 0.3 is 0 Å². The molecule has 0 bridgehead atoms. The van der Waals surface area contributed by atoms with Crippen LogP contribution in [-0.2, 0) is 6.42 Å². The standard InChI is InChI=1S/C12H11N5O2/c13-4-3-12-15-5-6-16(12)11-7-9(8-14)1-2-10(11)17(18)19/h1-2,5-7H,3-4,13H2. The van der Waals surface area contributed by atoms with E-state index in [1.165, 1.54) is 18.2 Å². The van der Waals surface area contributed by atoms with Crippen LogP contribution in [0.4, 0.5) is 5.69 Å². The van der Waals surface area contributed by atoms with Crippen molar-refractivity contribution in [1.82, 2.24) is 9.55 Å². The molecule has 1 aromatic heterocycles. The Labute approximate surface area is 109 Å². The predicted molar refractivity (Wildman–Crippen MR) is 67.7 cm³/mol. The fourth-order valence-corrected chi connectivity index (χ4v) is 1.81. The van der Waals surface area contributed by atoms with E-state index in [-0.39, 0.29) is 5.69 Å². The minimum atomic E-state index is -0.483. The van der Waals surface area contributed by atoms with E-state index in [0.29, 0.717) is 30.0 Å². The lowest BCUT2D eigenvalue weighted by atomic mass is 10.2. The molecule has 1 aromatic carbocycles. The first-order valence-corrected chi connectivity index (χ1v) is 5.58. The van der Waals surface area contributed by atoms with Gasteiger partial charge in [-0.2, -0.15) is 5.26 Å². The van der Waals surface area contributed by atoms with Crippen molar-refractivity contribution in [3.63, 3.8) is 0 Å². The highest BCUT2D eigenvalue weighted by Crippen LogP contribution is 2.25. The average molecular weight is 257 g/mol. The molecule has 2 aromatic rings. The summed E-state index contributed by atoms with van der Waals surface area (Å²) in [7, 11) is 0. The van der Waals surface area contributed by atoms with Gasteiger partial charge in [-0.1, -0.05) is 0 Å². The van der Waals surface area contributed by atoms with Gasteiger partial charge in [-0.3, -0.25) is 14.7 Å². The maximum absolute atomic E-state index is 11.0. The third-order valence-electron chi connectivity index (χ3n) is 2.65. The van der Waals surface area contributed by atoms with Crippen LogP contribution in [0.15, 0.2) is 30.6 Å². The molecule has 0 saturated heterocycles. The molecule has 0 unspecified atom stereocenters. The zero-order valence-corrected chi connectivity index (χ0v) is 9.98. The van der Waals surface area contributed by atoms with Gasteiger partial charge < -0.3 is 5.73 Å². The van der Waals surface area contributed by atoms with Gasteiger partial charge in [0.1, 0.15) is 11.5 Å². The maximum atomic E-state index is 11.0. The lowest BCUT2D eigenvalue weighted by Gasteiger charge is -2.08. The summed E-state index contributed by atoms with van der Waals surface area (Å²) in [6, 6.07) is 6.18. The van der Waals surface area contributed by atoms with Gasteiger partial charge in [0.25, 0.3) is 5.69 Å². The molecule has 0 atom stereocenters. The quantitative estimate of drug-likeness (QED) is 0.652. The van der Waals surface area contributed by atoms with Crippen molar-refractivity contribution in [2.45, 2.75) is 6.42 Å². The molecule has 7 heteroatoms. The topological polar surface area (TPSA) is 111 Å². The van der Waals surface area contributed by atoms with Crippen LogP contribution in [0.1, 0.15) is 11.4 Å². The van der Waals surface area contributed by atoms with Crippen molar-refractivity contribution < 1.29 is 4.92 Å². The molecular weight excluding hydrogens is 246 g/mol. The summed E-state index contributed by atoms with van der Waals surface area (Å²) in [5.41, 5.74) is 6.09. The number of imidazole rings is 1. The van der Waals surface area contributed by atoms with Crippen LogP contribution in [0.25, 0.3) is 5.69 Å². The highest BCUT2D eigenvalue weighted by Gasteiger charge is 2.17. The molecule has 19 heavy (non-hydrogen) atoms. The second-order valence-electron chi connectivity index (χ2n) is 3.82. The summed E-state index contributed by atoms with van der Waals surface area (Å²) >= 11 is 0. The van der Waals surface area contributed by atoms with E-state index >= 15 is 0 Å². The number of rotatable bonds is 4. The Morgan fingerprint density at radius 3 is 2.95 bits per heavy atom. The summed E-state index contributed by atoms with van der Waals surface area (Å²) < 4.78 is 1.59. The monoisotopic (exact) mass is 257 g/mol. The largest absolute Gasteiger partial charge is 0.330 e. The SMILES string of the molecule is N#Cc1ccc([N+](=O)[O-])c(-n2ccnc2CCN)c1. The third-order valence-corrected chi connectivity index (χ3v) is 2.65. The number of nitro benzene ring substituents is 1. The molecule has 1 heterocycles. The maximum Gasteiger partial charge on any atom is 0.293 e. The molecule has 0 aliphatic carbocycles. The van der Waals surface area contributed by atoms with Crippen molar-refractivity contribution in [3.8, 4) is 11.8 Å². The Balaban J connectivity index is 2.62. The number of nitrogens with zero attached hydrogens (tertiary/aromatic N) is 4. The molecule has 0 radical (unpaired) electrons. The molecule has 7 nitrogen and oxygen atoms in total. The minimum Gasteiger partial charge on any atom is -0.330 e. The van der Waals surface area contributed by atoms with E-state index in [0.717, 1.165) is 0 Å². The van der Waals surface area contributed by atoms with Gasteiger partial charge in [0.15, 0.2) is 0 Å². The van der Waals surface area contributed by atoms with E-state index in [4.69, 9.17) is 11.0 Å². The first-order chi connectivity index (χ1) is 9.17. The van der Waals surface area contributed by atoms with E-state index < -0.39 is 4.92 Å². The third kappa shape index (κ3) is 2.43. The molecule has 2 N–H and O–H groups in total. The van der Waals surface area contributed by atoms with Crippen molar-refractivity contribution in [1.29, 1.82) is 5.26 Å². The zero-order valence-electron chi connectivity index (χ0n) is 9.98. The summed E-state index contributed by atoms with van der Waals surface area (Å²) in [6.07, 6.45) is 3.67. The first-order valence-electron chi connectivity index (χ1n) is 5.58. The number of benzene rings is 1. The summed E-state index contributed by atoms with van der Waals surface area (Å²) in [6.45, 7) is 0.392. The zero-order chi connectivity index (χ0) is 13.8. The van der Waals surface area contributed by atoms with Crippen molar-refractivity contribution >= 4 is 5.69 Å². The summed E-state index contributed by atoms with van der Waals surface area (Å²) in [5.74, 6) is 0.626. The number of nitrogens with two attached hydrogens (primary N) is 1. The van der Waals surface area contributed by atoms with Gasteiger partial charge in [0.2, 0.25) is 0 Å². The van der Waals surface area contributed by atoms with Crippen molar-refractivity contribution in [2.24, 2.45) is 5.73 Å². The van der Waals surface area contributed by atoms with Crippen LogP contribution >= 0.6 is 0 Å². The normalized spacial score (nSPS) is 10.1. The van der Waals surface area contributed by atoms with E-state index in [9.17, 15) is 10.1 Å². The van der Waals surface area contributed by atoms with Gasteiger partial charge in [-0.15, -0.1) is 0 Å². The second kappa shape index (κ2) is 5.29. The lowest BCUT2D eigenvalue weighted by Crippen LogP contribution is -2.10. The van der Waals surface area contributed by atoms with Gasteiger partial charge in [0.05, 0.1) is 16.6 Å². The average Bonchev–Trinajstić information content (AvgIpc) is 2.86. The molecule has 0 aliphatic rings. The van der Waals surface area contributed by atoms with Crippen molar-refractivity contribution in [3.05, 3.63) is 52.1 Å². The molecular formula is C12H11N5O2. The highest BCUT2D eigenvalue weighted by atomic mass is 16.6. The number of nitro groups is 1. The molecule has 0 saturated carbocycles. The summed E-state index contributed by atoms with van der Waals surface area (Å²) in [5, 5.41) is 19.9. The molecule has 0 spiro atoms. The molecule has 0 amide bonds. The van der Waals surface area contributed by atoms with Crippen LogP contribution in [-0.4, -0.2) is 21.0 Å². The molecule has 2 rings (SSSR count). The predicted octanol–water partition coefficient (Wildman–Crippen LogP) is 1.15. The van der Waals surface area contributed by atoms with Crippen molar-refractivity contribution in [2.75, 3.05) is 6.54 Å². The van der Waals surface area contributed by atoms with Crippen LogP contribution < -0.4 is 5.73 Å². The number of hydrogen-bond donors (Lipinski definition) is 1. The fourth-order valence-electron chi connectivity index (χ4n) is 1.81. The molecule has 0 fully saturated rings. The van der Waals surface area contributed by atoms with Crippen LogP contribution in [0.3, 0.4) is 0 Å². The molecule has 0 aliphatic heterocycles. The Morgan fingerprint density at radius 1 is 1.53 bits per heavy atom. The fraction of sp³-hybridized carbons (Fsp3) is 0.167. The Bertz CT molecular complexity index is 656. The number of nitriles is 1. The van der Waals surface area contributed by atoms with Crippen LogP contribution in [0, 0.1) is 21.4 Å². The second-order valence-corrected chi connectivity index (χ2v) is 3.82. The van der Waals surface area contributed by atoms with Gasteiger partial charge in [-0.05, 0) is 18.7 Å². The van der Waals surface area contributed by atoms with Crippen LogP contribution in [0.5, 0.6) is 0 Å². The van der Waals surface area contributed by atoms with Crippen LogP contribution in [0.2, 0.25) is 0 Å². The minimum absolute atomic E-state index is 0.0738. The molecule has 96 valence electrons. The van der Waals surface area contributed by atoms with E-state index in [1.54, 1.807) is 17.0 Å². The number of aromatic nitrogens is 2. The Hall–Kier alpha value is -2.72. The Kier molecular flexibility index (Phi) is 3.54. The number of hydrogen-bond acceptors (Lipinski definition) is 5. The summed E-state index contributed by atoms with van der Waals surface area (Å²) in [4.78, 5) is 14.7. The highest BCUT2D eigenvalue weighted by molar-refractivity contribution is 5.57. The van der Waals surface area contributed by atoms with Gasteiger partial charge in [0, 0.05) is 24.9 Å². The Morgan fingerprint density at radius 2 is 2.32 bits per heavy atom. The lowest BCUT2D eigenvalue weighted by molar-refractivity contribution is -0.384.